The maximum Gasteiger partial charge on any atom is 0.412 e. The summed E-state index contributed by atoms with van der Waals surface area (Å²) in [6.07, 6.45) is 2.40. The van der Waals surface area contributed by atoms with E-state index in [1.165, 1.54) is 0 Å². The van der Waals surface area contributed by atoms with Crippen LogP contribution in [-0.4, -0.2) is 107 Å². The highest BCUT2D eigenvalue weighted by Crippen LogP contribution is 2.30. The maximum atomic E-state index is 12.3. The number of halogens is 1. The standard InChI is InChI=1S/C30H44ClN9O4/c1-4-21-18-39(28-25(31)35-24(27(33)36-28)29(42)34-10-15-41)13-14-40(21)22-8-11-38(12-9-22)17-20-7-6-19(3)16-23(20)26(32)37-30(43)44-5-2/h6-7,16,21-22,41H,4-5,8-15,17-18H2,1-3H3,(H2,33,36)(H,34,42)(H2,32,37,43)/t21-/m0/s1. The van der Waals surface area contributed by atoms with Crippen molar-refractivity contribution in [2.45, 2.75) is 58.7 Å². The van der Waals surface area contributed by atoms with Crippen LogP contribution < -0.4 is 21.3 Å². The molecular formula is C30H44ClN9O4. The first-order valence-electron chi connectivity index (χ1n) is 15.2. The van der Waals surface area contributed by atoms with Crippen LogP contribution in [0.1, 0.15) is 60.3 Å². The Bertz CT molecular complexity index is 1340. The second kappa shape index (κ2) is 15.5. The molecule has 2 aliphatic rings. The lowest BCUT2D eigenvalue weighted by molar-refractivity contribution is 0.0610. The van der Waals surface area contributed by atoms with Crippen molar-refractivity contribution in [3.05, 3.63) is 45.7 Å². The molecule has 0 saturated carbocycles. The molecule has 2 aromatic rings. The number of aliphatic hydroxyl groups excluding tert-OH is 1. The van der Waals surface area contributed by atoms with Gasteiger partial charge in [0, 0.05) is 50.4 Å². The number of aryl methyl sites for hydroxylation is 1. The number of nitrogens with two attached hydrogens (primary N) is 1. The van der Waals surface area contributed by atoms with E-state index >= 15 is 0 Å². The number of alkyl carbamates (subject to hydrolysis) is 1. The third-order valence-corrected chi connectivity index (χ3v) is 8.49. The third-order valence-electron chi connectivity index (χ3n) is 8.23. The van der Waals surface area contributed by atoms with Crippen LogP contribution in [-0.2, 0) is 11.3 Å². The first kappa shape index (κ1) is 33.4. The smallest absolute Gasteiger partial charge is 0.412 e. The fourth-order valence-electron chi connectivity index (χ4n) is 5.99. The van der Waals surface area contributed by atoms with E-state index in [-0.39, 0.29) is 42.3 Å². The fourth-order valence-corrected chi connectivity index (χ4v) is 6.24. The molecule has 1 atom stereocenters. The molecule has 240 valence electrons. The summed E-state index contributed by atoms with van der Waals surface area (Å²) in [5, 5.41) is 22.6. The largest absolute Gasteiger partial charge is 0.450 e. The number of nitrogen functional groups attached to an aromatic ring is 1. The number of likely N-dealkylation sites (tertiary alicyclic amines) is 1. The van der Waals surface area contributed by atoms with Gasteiger partial charge in [-0.3, -0.25) is 25.3 Å². The summed E-state index contributed by atoms with van der Waals surface area (Å²) in [5.41, 5.74) is 8.78. The lowest BCUT2D eigenvalue weighted by Gasteiger charge is -2.47. The average molecular weight is 630 g/mol. The molecule has 44 heavy (non-hydrogen) atoms. The summed E-state index contributed by atoms with van der Waals surface area (Å²) in [6.45, 7) is 10.9. The van der Waals surface area contributed by atoms with E-state index in [0.29, 0.717) is 36.6 Å². The normalized spacial score (nSPS) is 18.2. The zero-order valence-corrected chi connectivity index (χ0v) is 26.5. The van der Waals surface area contributed by atoms with Gasteiger partial charge in [-0.1, -0.05) is 36.2 Å². The van der Waals surface area contributed by atoms with Crippen LogP contribution in [0, 0.1) is 12.3 Å². The second-order valence-electron chi connectivity index (χ2n) is 11.2. The Balaban J connectivity index is 1.36. The van der Waals surface area contributed by atoms with Crippen molar-refractivity contribution in [2.24, 2.45) is 0 Å². The number of aromatic nitrogens is 2. The van der Waals surface area contributed by atoms with Crippen molar-refractivity contribution in [3.63, 3.8) is 0 Å². The van der Waals surface area contributed by atoms with E-state index in [2.05, 4.69) is 42.2 Å². The number of rotatable bonds is 10. The highest BCUT2D eigenvalue weighted by Gasteiger charge is 2.34. The number of hydrogen-bond acceptors (Lipinski definition) is 11. The van der Waals surface area contributed by atoms with Gasteiger partial charge in [0.1, 0.15) is 5.84 Å². The molecule has 14 heteroatoms. The van der Waals surface area contributed by atoms with Crippen molar-refractivity contribution < 1.29 is 19.4 Å². The molecule has 0 spiro atoms. The lowest BCUT2D eigenvalue weighted by atomic mass is 9.97. The number of nitrogens with zero attached hydrogens (tertiary/aromatic N) is 5. The lowest BCUT2D eigenvalue weighted by Crippen LogP contribution is -2.58. The SMILES string of the molecule is CCOC(=O)NC(=N)c1cc(C)ccc1CN1CCC(N2CCN(c3nc(N)c(C(=O)NCCO)nc3Cl)C[C@@H]2CC)CC1. The van der Waals surface area contributed by atoms with Crippen molar-refractivity contribution in [1.29, 1.82) is 5.41 Å². The van der Waals surface area contributed by atoms with Gasteiger partial charge in [0.25, 0.3) is 5.91 Å². The number of benzene rings is 1. The van der Waals surface area contributed by atoms with Gasteiger partial charge in [-0.15, -0.1) is 0 Å². The summed E-state index contributed by atoms with van der Waals surface area (Å²) in [7, 11) is 0. The van der Waals surface area contributed by atoms with Crippen LogP contribution in [0.15, 0.2) is 18.2 Å². The Kier molecular flexibility index (Phi) is 11.7. The molecule has 0 unspecified atom stereocenters. The van der Waals surface area contributed by atoms with Crippen LogP contribution in [0.2, 0.25) is 5.15 Å². The van der Waals surface area contributed by atoms with E-state index in [1.54, 1.807) is 6.92 Å². The van der Waals surface area contributed by atoms with Crippen LogP contribution >= 0.6 is 11.6 Å². The van der Waals surface area contributed by atoms with E-state index < -0.39 is 12.0 Å². The molecule has 3 heterocycles. The number of amidine groups is 1. The maximum absolute atomic E-state index is 12.3. The number of anilines is 2. The van der Waals surface area contributed by atoms with Gasteiger partial charge in [-0.2, -0.15) is 0 Å². The van der Waals surface area contributed by atoms with Gasteiger partial charge in [0.15, 0.2) is 22.5 Å². The van der Waals surface area contributed by atoms with Gasteiger partial charge < -0.3 is 25.8 Å². The number of carbonyl (C=O) groups excluding carboxylic acids is 2. The van der Waals surface area contributed by atoms with Crippen molar-refractivity contribution in [1.82, 2.24) is 30.4 Å². The first-order chi connectivity index (χ1) is 21.1. The van der Waals surface area contributed by atoms with Gasteiger partial charge in [0.05, 0.1) is 13.2 Å². The van der Waals surface area contributed by atoms with Gasteiger partial charge in [-0.25, -0.2) is 14.8 Å². The number of nitrogens with one attached hydrogen (secondary N) is 3. The molecule has 13 nitrogen and oxygen atoms in total. The van der Waals surface area contributed by atoms with E-state index in [9.17, 15) is 9.59 Å². The minimum atomic E-state index is -0.618. The molecule has 1 aromatic carbocycles. The summed E-state index contributed by atoms with van der Waals surface area (Å²) in [4.78, 5) is 40.0. The van der Waals surface area contributed by atoms with Gasteiger partial charge in [0.2, 0.25) is 0 Å². The quantitative estimate of drug-likeness (QED) is 0.194. The molecule has 2 amide bonds. The zero-order chi connectivity index (χ0) is 31.8. The highest BCUT2D eigenvalue weighted by atomic mass is 35.5. The second-order valence-corrected chi connectivity index (χ2v) is 11.5. The number of amides is 2. The average Bonchev–Trinajstić information content (AvgIpc) is 3.01. The fraction of sp³-hybridized carbons (Fsp3) is 0.567. The topological polar surface area (TPSA) is 173 Å². The summed E-state index contributed by atoms with van der Waals surface area (Å²) >= 11 is 6.49. The number of piperidine rings is 1. The Labute approximate surface area is 263 Å². The Morgan fingerprint density at radius 3 is 2.61 bits per heavy atom. The minimum absolute atomic E-state index is 0.00577. The number of ether oxygens (including phenoxy) is 1. The predicted molar refractivity (Wildman–Crippen MR) is 170 cm³/mol. The minimum Gasteiger partial charge on any atom is -0.450 e. The van der Waals surface area contributed by atoms with E-state index in [1.807, 2.05) is 25.1 Å². The number of aliphatic hydroxyl groups is 1. The molecular weight excluding hydrogens is 586 g/mol. The van der Waals surface area contributed by atoms with Crippen LogP contribution in [0.25, 0.3) is 0 Å². The molecule has 2 fully saturated rings. The molecule has 6 N–H and O–H groups in total. The molecule has 0 aliphatic carbocycles. The molecule has 4 rings (SSSR count). The molecule has 0 radical (unpaired) electrons. The van der Waals surface area contributed by atoms with Crippen LogP contribution in [0.3, 0.4) is 0 Å². The Morgan fingerprint density at radius 1 is 1.18 bits per heavy atom. The van der Waals surface area contributed by atoms with E-state index in [0.717, 1.165) is 56.6 Å². The number of piperazine rings is 1. The van der Waals surface area contributed by atoms with Crippen molar-refractivity contribution in [2.75, 3.05) is 63.1 Å². The Morgan fingerprint density at radius 2 is 1.93 bits per heavy atom. The summed E-state index contributed by atoms with van der Waals surface area (Å²) in [6, 6.07) is 6.76. The Hall–Kier alpha value is -3.52. The van der Waals surface area contributed by atoms with Crippen molar-refractivity contribution >= 4 is 41.1 Å². The highest BCUT2D eigenvalue weighted by molar-refractivity contribution is 6.32. The third kappa shape index (κ3) is 8.14. The number of hydrogen-bond donors (Lipinski definition) is 5. The summed E-state index contributed by atoms with van der Waals surface area (Å²) in [5.74, 6) is 0.0103. The molecule has 1 aromatic heterocycles. The molecule has 0 bridgehead atoms. The molecule has 2 aliphatic heterocycles. The molecule has 2 saturated heterocycles. The van der Waals surface area contributed by atoms with Crippen LogP contribution in [0.4, 0.5) is 16.4 Å². The van der Waals surface area contributed by atoms with Gasteiger partial charge in [-0.05, 0) is 57.8 Å². The van der Waals surface area contributed by atoms with Crippen LogP contribution in [0.5, 0.6) is 0 Å². The predicted octanol–water partition coefficient (Wildman–Crippen LogP) is 2.38. The zero-order valence-electron chi connectivity index (χ0n) is 25.7. The summed E-state index contributed by atoms with van der Waals surface area (Å²) < 4.78 is 4.96. The van der Waals surface area contributed by atoms with E-state index in [4.69, 9.17) is 32.6 Å². The monoisotopic (exact) mass is 629 g/mol. The van der Waals surface area contributed by atoms with Gasteiger partial charge >= 0.3 is 6.09 Å². The first-order valence-corrected chi connectivity index (χ1v) is 15.6. The van der Waals surface area contributed by atoms with Crippen molar-refractivity contribution in [3.8, 4) is 0 Å². The number of carbonyl (C=O) groups is 2.